The molecule has 0 radical (unpaired) electrons. The van der Waals surface area contributed by atoms with Crippen LogP contribution >= 0.6 is 0 Å². The fourth-order valence-electron chi connectivity index (χ4n) is 1.49. The van der Waals surface area contributed by atoms with Gasteiger partial charge in [0.25, 0.3) is 0 Å². The van der Waals surface area contributed by atoms with Crippen LogP contribution in [0.25, 0.3) is 0 Å². The monoisotopic (exact) mass is 273 g/mol. The van der Waals surface area contributed by atoms with Gasteiger partial charge in [0.1, 0.15) is 6.29 Å². The summed E-state index contributed by atoms with van der Waals surface area (Å²) >= 11 is 0. The molecule has 0 spiro atoms. The van der Waals surface area contributed by atoms with Crippen LogP contribution in [0.5, 0.6) is 0 Å². The van der Waals surface area contributed by atoms with Gasteiger partial charge < -0.3 is 26.2 Å². The predicted molar refractivity (Wildman–Crippen MR) is 82.1 cm³/mol. The minimum absolute atomic E-state index is 0.490. The summed E-state index contributed by atoms with van der Waals surface area (Å²) in [6.07, 6.45) is 3.12. The smallest absolute Gasteiger partial charge is 0.120 e. The summed E-state index contributed by atoms with van der Waals surface area (Å²) in [6, 6.07) is 0. The number of unbranched alkanes of at least 4 members (excludes halogenated alkanes) is 1. The van der Waals surface area contributed by atoms with Gasteiger partial charge in [0, 0.05) is 45.7 Å². The Morgan fingerprint density at radius 2 is 1.79 bits per heavy atom. The van der Waals surface area contributed by atoms with E-state index in [0.29, 0.717) is 12.8 Å². The van der Waals surface area contributed by atoms with Crippen molar-refractivity contribution in [3.63, 3.8) is 0 Å². The zero-order valence-corrected chi connectivity index (χ0v) is 12.7. The highest BCUT2D eigenvalue weighted by atomic mass is 16.1. The maximum Gasteiger partial charge on any atom is 0.120 e. The number of rotatable bonds is 6. The van der Waals surface area contributed by atoms with Crippen LogP contribution in [0.3, 0.4) is 0 Å². The number of likely N-dealkylation sites (N-methyl/N-ethyl adjacent to an activating group) is 2. The number of hydrogen-bond acceptors (Lipinski definition) is 6. The lowest BCUT2D eigenvalue weighted by Crippen LogP contribution is -2.46. The third-order valence-corrected chi connectivity index (χ3v) is 2.70. The standard InChI is InChI=1S/C8H19N3.C4H7NO.CH5N/c1-9-3-4-11-7-5-10(2)6-8-11;5-3-1-2-4-6;1-2/h9H,3-8H2,1-2H3;3-5H,1-2H2;2H2,1H3. The van der Waals surface area contributed by atoms with Gasteiger partial charge in [-0.15, -0.1) is 0 Å². The van der Waals surface area contributed by atoms with Crippen molar-refractivity contribution >= 4 is 12.5 Å². The lowest BCUT2D eigenvalue weighted by Gasteiger charge is -2.32. The van der Waals surface area contributed by atoms with Gasteiger partial charge in [0.15, 0.2) is 0 Å². The van der Waals surface area contributed by atoms with E-state index in [4.69, 9.17) is 5.41 Å². The molecular weight excluding hydrogens is 242 g/mol. The highest BCUT2D eigenvalue weighted by Gasteiger charge is 2.11. The minimum atomic E-state index is 0.490. The Morgan fingerprint density at radius 1 is 1.21 bits per heavy atom. The molecule has 1 aliphatic heterocycles. The molecule has 0 aliphatic carbocycles. The molecular formula is C13H31N5O. The average molecular weight is 273 g/mol. The molecule has 1 fully saturated rings. The minimum Gasteiger partial charge on any atom is -0.333 e. The van der Waals surface area contributed by atoms with E-state index in [1.54, 1.807) is 0 Å². The number of aldehydes is 1. The number of hydrogen-bond donors (Lipinski definition) is 3. The summed E-state index contributed by atoms with van der Waals surface area (Å²) < 4.78 is 0. The number of carbonyl (C=O) groups is 1. The summed E-state index contributed by atoms with van der Waals surface area (Å²) in [7, 11) is 5.70. The van der Waals surface area contributed by atoms with Crippen molar-refractivity contribution in [1.29, 1.82) is 5.41 Å². The van der Waals surface area contributed by atoms with Gasteiger partial charge in [-0.2, -0.15) is 0 Å². The molecule has 0 saturated carbocycles. The fourth-order valence-corrected chi connectivity index (χ4v) is 1.49. The van der Waals surface area contributed by atoms with Crippen LogP contribution in [0.4, 0.5) is 0 Å². The van der Waals surface area contributed by atoms with Crippen LogP contribution in [-0.2, 0) is 4.79 Å². The van der Waals surface area contributed by atoms with Gasteiger partial charge in [0.2, 0.25) is 0 Å². The van der Waals surface area contributed by atoms with Crippen LogP contribution < -0.4 is 11.1 Å². The molecule has 1 aliphatic rings. The van der Waals surface area contributed by atoms with E-state index in [1.807, 2.05) is 7.05 Å². The average Bonchev–Trinajstić information content (AvgIpc) is 2.47. The molecule has 114 valence electrons. The van der Waals surface area contributed by atoms with E-state index in [2.05, 4.69) is 27.9 Å². The summed E-state index contributed by atoms with van der Waals surface area (Å²) in [5.74, 6) is 0. The Labute approximate surface area is 117 Å². The maximum atomic E-state index is 9.46. The van der Waals surface area contributed by atoms with Gasteiger partial charge in [0.05, 0.1) is 0 Å². The zero-order chi connectivity index (χ0) is 14.9. The van der Waals surface area contributed by atoms with Crippen LogP contribution in [0.1, 0.15) is 12.8 Å². The van der Waals surface area contributed by atoms with Crippen molar-refractivity contribution < 1.29 is 4.79 Å². The third-order valence-electron chi connectivity index (χ3n) is 2.70. The first-order valence-electron chi connectivity index (χ1n) is 6.80. The Morgan fingerprint density at radius 3 is 2.16 bits per heavy atom. The second-order valence-corrected chi connectivity index (χ2v) is 4.20. The van der Waals surface area contributed by atoms with Crippen LogP contribution in [0, 0.1) is 5.41 Å². The molecule has 0 unspecified atom stereocenters. The Hall–Kier alpha value is -0.820. The SMILES string of the molecule is CN.CNCCN1CCN(C)CC1.N=CCCC=O. The second kappa shape index (κ2) is 17.2. The summed E-state index contributed by atoms with van der Waals surface area (Å²) in [5.41, 5.74) is 4.50. The predicted octanol–water partition coefficient (Wildman–Crippen LogP) is -0.357. The lowest BCUT2D eigenvalue weighted by atomic mass is 10.3. The molecule has 1 saturated heterocycles. The molecule has 0 aromatic rings. The van der Waals surface area contributed by atoms with E-state index in [-0.39, 0.29) is 0 Å². The number of nitrogens with zero attached hydrogens (tertiary/aromatic N) is 2. The topological polar surface area (TPSA) is 85.4 Å². The maximum absolute atomic E-state index is 9.46. The van der Waals surface area contributed by atoms with E-state index < -0.39 is 0 Å². The van der Waals surface area contributed by atoms with Crippen LogP contribution in [0.15, 0.2) is 0 Å². The molecule has 6 nitrogen and oxygen atoms in total. The van der Waals surface area contributed by atoms with Crippen molar-refractivity contribution in [2.75, 3.05) is 60.4 Å². The molecule has 0 atom stereocenters. The molecule has 6 heteroatoms. The zero-order valence-electron chi connectivity index (χ0n) is 12.7. The van der Waals surface area contributed by atoms with Crippen LogP contribution in [0.2, 0.25) is 0 Å². The van der Waals surface area contributed by atoms with Crippen LogP contribution in [-0.4, -0.2) is 82.7 Å². The first-order chi connectivity index (χ1) is 9.24. The van der Waals surface area contributed by atoms with Gasteiger partial charge in [-0.1, -0.05) is 0 Å². The number of carbonyl (C=O) groups excluding carboxylic acids is 1. The van der Waals surface area contributed by atoms with Crippen molar-refractivity contribution in [2.45, 2.75) is 12.8 Å². The lowest BCUT2D eigenvalue weighted by molar-refractivity contribution is -0.107. The van der Waals surface area contributed by atoms with Crippen molar-refractivity contribution in [3.8, 4) is 0 Å². The summed E-state index contributed by atoms with van der Waals surface area (Å²) in [5, 5.41) is 9.59. The molecule has 0 aromatic heterocycles. The largest absolute Gasteiger partial charge is 0.333 e. The number of nitrogens with two attached hydrogens (primary N) is 1. The van der Waals surface area contributed by atoms with Gasteiger partial charge >= 0.3 is 0 Å². The summed E-state index contributed by atoms with van der Waals surface area (Å²) in [4.78, 5) is 14.4. The normalized spacial score (nSPS) is 15.6. The van der Waals surface area contributed by atoms with Crippen molar-refractivity contribution in [1.82, 2.24) is 15.1 Å². The van der Waals surface area contributed by atoms with E-state index >= 15 is 0 Å². The third kappa shape index (κ3) is 15.1. The highest BCUT2D eigenvalue weighted by molar-refractivity contribution is 5.60. The fraction of sp³-hybridized carbons (Fsp3) is 0.846. The van der Waals surface area contributed by atoms with E-state index in [0.717, 1.165) is 12.8 Å². The molecule has 19 heavy (non-hydrogen) atoms. The summed E-state index contributed by atoms with van der Waals surface area (Å²) in [6.45, 7) is 7.23. The van der Waals surface area contributed by atoms with Crippen molar-refractivity contribution in [2.24, 2.45) is 5.73 Å². The molecule has 0 amide bonds. The van der Waals surface area contributed by atoms with E-state index in [9.17, 15) is 4.79 Å². The van der Waals surface area contributed by atoms with Gasteiger partial charge in [-0.3, -0.25) is 4.90 Å². The first kappa shape index (κ1) is 20.5. The quantitative estimate of drug-likeness (QED) is 0.350. The Bertz CT molecular complexity index is 183. The van der Waals surface area contributed by atoms with Gasteiger partial charge in [-0.25, -0.2) is 0 Å². The first-order valence-corrected chi connectivity index (χ1v) is 6.80. The Kier molecular flexibility index (Phi) is 18.5. The molecule has 1 heterocycles. The van der Waals surface area contributed by atoms with Crippen molar-refractivity contribution in [3.05, 3.63) is 0 Å². The molecule has 0 bridgehead atoms. The molecule has 0 aromatic carbocycles. The highest BCUT2D eigenvalue weighted by Crippen LogP contribution is 1.96. The van der Waals surface area contributed by atoms with Gasteiger partial charge in [-0.05, 0) is 33.8 Å². The molecule has 4 N–H and O–H groups in total. The Balaban J connectivity index is 0. The number of nitrogens with one attached hydrogen (secondary N) is 2. The number of piperazine rings is 1. The van der Waals surface area contributed by atoms with E-state index in [1.165, 1.54) is 46.0 Å². The molecule has 1 rings (SSSR count). The second-order valence-electron chi connectivity index (χ2n) is 4.20.